The van der Waals surface area contributed by atoms with E-state index in [-0.39, 0.29) is 18.0 Å². The average Bonchev–Trinajstić information content (AvgIpc) is 2.24. The standard InChI is InChI=1S/C13H20FNO/c1-9-5-11(8-12(14)6-9)13(15-3)7-10(2)16-4/h5-6,8,10,13,15H,7H2,1-4H3. The van der Waals surface area contributed by atoms with Crippen LogP contribution in [0, 0.1) is 12.7 Å². The van der Waals surface area contributed by atoms with E-state index in [0.717, 1.165) is 17.5 Å². The predicted molar refractivity (Wildman–Crippen MR) is 64.0 cm³/mol. The minimum Gasteiger partial charge on any atom is -0.382 e. The monoisotopic (exact) mass is 225 g/mol. The van der Waals surface area contributed by atoms with Crippen LogP contribution in [0.5, 0.6) is 0 Å². The molecule has 0 bridgehead atoms. The molecule has 0 amide bonds. The van der Waals surface area contributed by atoms with Crippen molar-refractivity contribution in [1.82, 2.24) is 5.32 Å². The Morgan fingerprint density at radius 1 is 1.38 bits per heavy atom. The largest absolute Gasteiger partial charge is 0.382 e. The number of aryl methyl sites for hydroxylation is 1. The van der Waals surface area contributed by atoms with Crippen LogP contribution in [-0.2, 0) is 4.74 Å². The fraction of sp³-hybridized carbons (Fsp3) is 0.538. The number of hydrogen-bond donors (Lipinski definition) is 1. The van der Waals surface area contributed by atoms with Crippen molar-refractivity contribution in [3.8, 4) is 0 Å². The highest BCUT2D eigenvalue weighted by atomic mass is 19.1. The molecule has 0 aliphatic carbocycles. The molecule has 16 heavy (non-hydrogen) atoms. The highest BCUT2D eigenvalue weighted by Gasteiger charge is 2.14. The van der Waals surface area contributed by atoms with Crippen LogP contribution in [0.1, 0.15) is 30.5 Å². The van der Waals surface area contributed by atoms with E-state index in [9.17, 15) is 4.39 Å². The Morgan fingerprint density at radius 3 is 2.56 bits per heavy atom. The highest BCUT2D eigenvalue weighted by molar-refractivity contribution is 5.26. The summed E-state index contributed by atoms with van der Waals surface area (Å²) in [5.41, 5.74) is 1.92. The molecule has 0 radical (unpaired) electrons. The molecule has 0 saturated heterocycles. The maximum atomic E-state index is 13.3. The highest BCUT2D eigenvalue weighted by Crippen LogP contribution is 2.21. The van der Waals surface area contributed by atoms with E-state index in [4.69, 9.17) is 4.74 Å². The third-order valence-corrected chi connectivity index (χ3v) is 2.79. The normalized spacial score (nSPS) is 14.8. The summed E-state index contributed by atoms with van der Waals surface area (Å²) in [6.07, 6.45) is 0.983. The van der Waals surface area contributed by atoms with E-state index in [2.05, 4.69) is 5.32 Å². The van der Waals surface area contributed by atoms with Crippen molar-refractivity contribution < 1.29 is 9.13 Å². The molecule has 90 valence electrons. The summed E-state index contributed by atoms with van der Waals surface area (Å²) in [6.45, 7) is 3.91. The van der Waals surface area contributed by atoms with Gasteiger partial charge < -0.3 is 10.1 Å². The lowest BCUT2D eigenvalue weighted by Gasteiger charge is -2.20. The molecule has 1 rings (SSSR count). The van der Waals surface area contributed by atoms with Crippen LogP contribution in [0.25, 0.3) is 0 Å². The Kier molecular flexibility index (Phi) is 4.90. The number of nitrogens with one attached hydrogen (secondary N) is 1. The van der Waals surface area contributed by atoms with E-state index in [0.29, 0.717) is 0 Å². The maximum Gasteiger partial charge on any atom is 0.123 e. The molecule has 2 atom stereocenters. The van der Waals surface area contributed by atoms with E-state index in [1.165, 1.54) is 6.07 Å². The van der Waals surface area contributed by atoms with Crippen molar-refractivity contribution >= 4 is 0 Å². The Hall–Kier alpha value is -0.930. The van der Waals surface area contributed by atoms with Crippen molar-refractivity contribution in [1.29, 1.82) is 0 Å². The lowest BCUT2D eigenvalue weighted by molar-refractivity contribution is 0.101. The first-order chi connectivity index (χ1) is 7.56. The molecule has 1 N–H and O–H groups in total. The van der Waals surface area contributed by atoms with Crippen LogP contribution < -0.4 is 5.32 Å². The van der Waals surface area contributed by atoms with Gasteiger partial charge in [-0.1, -0.05) is 6.07 Å². The van der Waals surface area contributed by atoms with Crippen LogP contribution in [-0.4, -0.2) is 20.3 Å². The summed E-state index contributed by atoms with van der Waals surface area (Å²) in [6, 6.07) is 5.25. The number of hydrogen-bond acceptors (Lipinski definition) is 2. The maximum absolute atomic E-state index is 13.3. The Labute approximate surface area is 96.8 Å². The molecule has 2 nitrogen and oxygen atoms in total. The first kappa shape index (κ1) is 13.1. The number of halogens is 1. The minimum atomic E-state index is -0.180. The third kappa shape index (κ3) is 3.58. The molecule has 1 aromatic rings. The Bertz CT molecular complexity index is 320. The SMILES string of the molecule is CNC(CC(C)OC)c1cc(C)cc(F)c1. The van der Waals surface area contributed by atoms with Gasteiger partial charge in [0.1, 0.15) is 5.82 Å². The molecule has 0 fully saturated rings. The van der Waals surface area contributed by atoms with Gasteiger partial charge in [-0.15, -0.1) is 0 Å². The average molecular weight is 225 g/mol. The summed E-state index contributed by atoms with van der Waals surface area (Å²) >= 11 is 0. The molecular weight excluding hydrogens is 205 g/mol. The van der Waals surface area contributed by atoms with Crippen molar-refractivity contribution in [3.63, 3.8) is 0 Å². The van der Waals surface area contributed by atoms with E-state index < -0.39 is 0 Å². The van der Waals surface area contributed by atoms with Gasteiger partial charge in [-0.2, -0.15) is 0 Å². The lowest BCUT2D eigenvalue weighted by atomic mass is 9.99. The topological polar surface area (TPSA) is 21.3 Å². The fourth-order valence-electron chi connectivity index (χ4n) is 1.81. The Morgan fingerprint density at radius 2 is 2.06 bits per heavy atom. The summed E-state index contributed by atoms with van der Waals surface area (Å²) < 4.78 is 18.5. The zero-order chi connectivity index (χ0) is 12.1. The van der Waals surface area contributed by atoms with Crippen molar-refractivity contribution in [3.05, 3.63) is 35.1 Å². The number of benzene rings is 1. The zero-order valence-electron chi connectivity index (χ0n) is 10.4. The van der Waals surface area contributed by atoms with Crippen LogP contribution >= 0.6 is 0 Å². The number of methoxy groups -OCH3 is 1. The molecule has 0 aromatic heterocycles. The molecule has 0 saturated carbocycles. The van der Waals surface area contributed by atoms with Gasteiger partial charge in [0.15, 0.2) is 0 Å². The van der Waals surface area contributed by atoms with Crippen LogP contribution in [0.15, 0.2) is 18.2 Å². The van der Waals surface area contributed by atoms with Crippen LogP contribution in [0.2, 0.25) is 0 Å². The lowest BCUT2D eigenvalue weighted by Crippen LogP contribution is -2.22. The molecular formula is C13H20FNO. The summed E-state index contributed by atoms with van der Waals surface area (Å²) in [5, 5.41) is 3.19. The molecule has 2 unspecified atom stereocenters. The van der Waals surface area contributed by atoms with Gasteiger partial charge in [-0.3, -0.25) is 0 Å². The molecule has 1 aromatic carbocycles. The van der Waals surface area contributed by atoms with Gasteiger partial charge in [0, 0.05) is 13.2 Å². The predicted octanol–water partition coefficient (Wildman–Crippen LogP) is 2.82. The summed E-state index contributed by atoms with van der Waals surface area (Å²) in [4.78, 5) is 0. The first-order valence-corrected chi connectivity index (χ1v) is 5.54. The molecule has 0 heterocycles. The van der Waals surface area contributed by atoms with Gasteiger partial charge in [-0.25, -0.2) is 4.39 Å². The van der Waals surface area contributed by atoms with Gasteiger partial charge in [0.05, 0.1) is 6.10 Å². The van der Waals surface area contributed by atoms with Crippen molar-refractivity contribution in [2.45, 2.75) is 32.4 Å². The Balaban J connectivity index is 2.86. The second-order valence-corrected chi connectivity index (χ2v) is 4.19. The molecule has 0 aliphatic heterocycles. The molecule has 0 aliphatic rings. The second kappa shape index (κ2) is 5.97. The third-order valence-electron chi connectivity index (χ3n) is 2.79. The smallest absolute Gasteiger partial charge is 0.123 e. The second-order valence-electron chi connectivity index (χ2n) is 4.19. The summed E-state index contributed by atoms with van der Waals surface area (Å²) in [7, 11) is 3.57. The van der Waals surface area contributed by atoms with Crippen molar-refractivity contribution in [2.24, 2.45) is 0 Å². The van der Waals surface area contributed by atoms with Crippen LogP contribution in [0.3, 0.4) is 0 Å². The van der Waals surface area contributed by atoms with Crippen molar-refractivity contribution in [2.75, 3.05) is 14.2 Å². The van der Waals surface area contributed by atoms with E-state index in [1.54, 1.807) is 13.2 Å². The fourth-order valence-corrected chi connectivity index (χ4v) is 1.81. The van der Waals surface area contributed by atoms with Crippen LogP contribution in [0.4, 0.5) is 4.39 Å². The van der Waals surface area contributed by atoms with Gasteiger partial charge in [0.25, 0.3) is 0 Å². The number of ether oxygens (including phenoxy) is 1. The number of rotatable bonds is 5. The molecule has 3 heteroatoms. The minimum absolute atomic E-state index is 0.129. The molecule has 0 spiro atoms. The van der Waals surface area contributed by atoms with E-state index >= 15 is 0 Å². The quantitative estimate of drug-likeness (QED) is 0.832. The van der Waals surface area contributed by atoms with Gasteiger partial charge >= 0.3 is 0 Å². The summed E-state index contributed by atoms with van der Waals surface area (Å²) in [5.74, 6) is -0.180. The first-order valence-electron chi connectivity index (χ1n) is 5.54. The zero-order valence-corrected chi connectivity index (χ0v) is 10.4. The van der Waals surface area contributed by atoms with Gasteiger partial charge in [0.2, 0.25) is 0 Å². The van der Waals surface area contributed by atoms with Gasteiger partial charge in [-0.05, 0) is 50.6 Å². The van der Waals surface area contributed by atoms with E-state index in [1.807, 2.05) is 27.0 Å².